The molecule has 5 heteroatoms. The molecule has 0 bridgehead atoms. The Morgan fingerprint density at radius 2 is 1.84 bits per heavy atom. The van der Waals surface area contributed by atoms with E-state index in [0.29, 0.717) is 11.8 Å². The zero-order valence-corrected chi connectivity index (χ0v) is 16.9. The van der Waals surface area contributed by atoms with Crippen molar-refractivity contribution in [2.75, 3.05) is 45.9 Å². The molecule has 1 fully saturated rings. The van der Waals surface area contributed by atoms with Crippen LogP contribution in [0.2, 0.25) is 0 Å². The van der Waals surface area contributed by atoms with Gasteiger partial charge in [0.05, 0.1) is 0 Å². The molecule has 0 aromatic carbocycles. The minimum atomic E-state index is 0.257. The highest BCUT2D eigenvalue weighted by Gasteiger charge is 2.11. The third kappa shape index (κ3) is 11.4. The van der Waals surface area contributed by atoms with Crippen LogP contribution in [0.5, 0.6) is 0 Å². The number of nitrogens with zero attached hydrogens (tertiary/aromatic N) is 2. The molecule has 1 saturated heterocycles. The number of hydrogen-bond acceptors (Lipinski definition) is 3. The Kier molecular flexibility index (Phi) is 12.8. The van der Waals surface area contributed by atoms with Gasteiger partial charge in [-0.05, 0) is 70.5 Å². The molecular formula is C20H42N4O. The molecule has 0 aromatic heterocycles. The smallest absolute Gasteiger partial charge is 0.191 e. The third-order valence-electron chi connectivity index (χ3n) is 4.84. The van der Waals surface area contributed by atoms with Crippen molar-refractivity contribution in [3.63, 3.8) is 0 Å². The van der Waals surface area contributed by atoms with Crippen LogP contribution in [-0.2, 0) is 0 Å². The topological polar surface area (TPSA) is 59.9 Å². The number of guanidine groups is 1. The summed E-state index contributed by atoms with van der Waals surface area (Å²) in [4.78, 5) is 7.36. The van der Waals surface area contributed by atoms with E-state index in [4.69, 9.17) is 4.99 Å². The van der Waals surface area contributed by atoms with Gasteiger partial charge in [-0.15, -0.1) is 0 Å². The Hall–Kier alpha value is -0.810. The molecule has 0 aromatic rings. The third-order valence-corrected chi connectivity index (χ3v) is 4.84. The highest BCUT2D eigenvalue weighted by atomic mass is 16.3. The standard InChI is InChI=1S/C20H42N4O/c1-4-21-20(23-17-19(10-15-25)16-18(2)3)22-11-9-14-24-12-7-5-6-8-13-24/h18-19,25H,4-17H2,1-3H3,(H2,21,22,23). The van der Waals surface area contributed by atoms with Crippen LogP contribution in [0.4, 0.5) is 0 Å². The normalized spacial score (nSPS) is 18.2. The highest BCUT2D eigenvalue weighted by Crippen LogP contribution is 2.15. The first-order valence-corrected chi connectivity index (χ1v) is 10.5. The zero-order chi connectivity index (χ0) is 18.3. The Morgan fingerprint density at radius 1 is 1.12 bits per heavy atom. The molecule has 0 saturated carbocycles. The van der Waals surface area contributed by atoms with Crippen LogP contribution in [0, 0.1) is 11.8 Å². The maximum Gasteiger partial charge on any atom is 0.191 e. The second-order valence-corrected chi connectivity index (χ2v) is 7.76. The Balaban J connectivity index is 2.33. The fourth-order valence-electron chi connectivity index (χ4n) is 3.56. The van der Waals surface area contributed by atoms with Crippen LogP contribution in [-0.4, -0.2) is 61.8 Å². The molecule has 0 aliphatic carbocycles. The van der Waals surface area contributed by atoms with E-state index in [1.807, 2.05) is 0 Å². The molecular weight excluding hydrogens is 312 g/mol. The summed E-state index contributed by atoms with van der Waals surface area (Å²) in [5, 5.41) is 16.1. The summed E-state index contributed by atoms with van der Waals surface area (Å²) in [5.41, 5.74) is 0. The van der Waals surface area contributed by atoms with E-state index in [1.54, 1.807) is 0 Å². The molecule has 0 radical (unpaired) electrons. The molecule has 3 N–H and O–H groups in total. The molecule has 1 atom stereocenters. The van der Waals surface area contributed by atoms with E-state index in [9.17, 15) is 5.11 Å². The van der Waals surface area contributed by atoms with Gasteiger partial charge in [0.15, 0.2) is 5.96 Å². The molecule has 0 spiro atoms. The van der Waals surface area contributed by atoms with Crippen LogP contribution < -0.4 is 10.6 Å². The second-order valence-electron chi connectivity index (χ2n) is 7.76. The van der Waals surface area contributed by atoms with Gasteiger partial charge in [-0.25, -0.2) is 0 Å². The average Bonchev–Trinajstić information content (AvgIpc) is 2.84. The lowest BCUT2D eigenvalue weighted by molar-refractivity contribution is 0.245. The Bertz CT molecular complexity index is 339. The lowest BCUT2D eigenvalue weighted by atomic mass is 9.94. The summed E-state index contributed by atoms with van der Waals surface area (Å²) < 4.78 is 0. The van der Waals surface area contributed by atoms with Gasteiger partial charge in [-0.1, -0.05) is 26.7 Å². The molecule has 25 heavy (non-hydrogen) atoms. The van der Waals surface area contributed by atoms with Crippen molar-refractivity contribution in [3.8, 4) is 0 Å². The van der Waals surface area contributed by atoms with E-state index in [-0.39, 0.29) is 6.61 Å². The lowest BCUT2D eigenvalue weighted by Gasteiger charge is -2.20. The van der Waals surface area contributed by atoms with Gasteiger partial charge < -0.3 is 20.6 Å². The van der Waals surface area contributed by atoms with Crippen LogP contribution in [0.3, 0.4) is 0 Å². The van der Waals surface area contributed by atoms with Crippen molar-refractivity contribution >= 4 is 5.96 Å². The predicted molar refractivity (Wildman–Crippen MR) is 108 cm³/mol. The Morgan fingerprint density at radius 3 is 2.44 bits per heavy atom. The van der Waals surface area contributed by atoms with Crippen molar-refractivity contribution in [3.05, 3.63) is 0 Å². The molecule has 1 unspecified atom stereocenters. The van der Waals surface area contributed by atoms with Gasteiger partial charge in [-0.2, -0.15) is 0 Å². The first-order chi connectivity index (χ1) is 12.2. The summed E-state index contributed by atoms with van der Waals surface area (Å²) in [6, 6.07) is 0. The molecule has 1 rings (SSSR count). The van der Waals surface area contributed by atoms with Gasteiger partial charge in [0.25, 0.3) is 0 Å². The number of aliphatic hydroxyl groups is 1. The van der Waals surface area contributed by atoms with Gasteiger partial charge in [0.1, 0.15) is 0 Å². The molecule has 0 amide bonds. The SMILES string of the molecule is CCNC(=NCC(CCO)CC(C)C)NCCCN1CCCCCC1. The summed E-state index contributed by atoms with van der Waals surface area (Å²) in [6.07, 6.45) is 8.65. The van der Waals surface area contributed by atoms with Crippen molar-refractivity contribution in [1.29, 1.82) is 0 Å². The molecule has 5 nitrogen and oxygen atoms in total. The fraction of sp³-hybridized carbons (Fsp3) is 0.950. The van der Waals surface area contributed by atoms with Crippen LogP contribution >= 0.6 is 0 Å². The van der Waals surface area contributed by atoms with Crippen molar-refractivity contribution in [1.82, 2.24) is 15.5 Å². The molecule has 1 aliphatic rings. The van der Waals surface area contributed by atoms with E-state index in [0.717, 1.165) is 44.9 Å². The van der Waals surface area contributed by atoms with E-state index < -0.39 is 0 Å². The predicted octanol–water partition coefficient (Wildman–Crippen LogP) is 2.85. The summed E-state index contributed by atoms with van der Waals surface area (Å²) in [5.74, 6) is 2.04. The average molecular weight is 355 g/mol. The van der Waals surface area contributed by atoms with E-state index >= 15 is 0 Å². The Labute approximate surface area is 155 Å². The van der Waals surface area contributed by atoms with Crippen LogP contribution in [0.25, 0.3) is 0 Å². The lowest BCUT2D eigenvalue weighted by Crippen LogP contribution is -2.39. The quantitative estimate of drug-likeness (QED) is 0.303. The van der Waals surface area contributed by atoms with Crippen molar-refractivity contribution < 1.29 is 5.11 Å². The highest BCUT2D eigenvalue weighted by molar-refractivity contribution is 5.79. The van der Waals surface area contributed by atoms with Crippen molar-refractivity contribution in [2.45, 2.75) is 65.7 Å². The van der Waals surface area contributed by atoms with Crippen molar-refractivity contribution in [2.24, 2.45) is 16.8 Å². The maximum absolute atomic E-state index is 9.25. The summed E-state index contributed by atoms with van der Waals surface area (Å²) >= 11 is 0. The number of likely N-dealkylation sites (tertiary alicyclic amines) is 1. The number of rotatable bonds is 11. The first kappa shape index (κ1) is 22.2. The zero-order valence-electron chi connectivity index (χ0n) is 16.9. The van der Waals surface area contributed by atoms with Gasteiger partial charge in [0, 0.05) is 26.2 Å². The fourth-order valence-corrected chi connectivity index (χ4v) is 3.56. The van der Waals surface area contributed by atoms with E-state index in [2.05, 4.69) is 36.3 Å². The first-order valence-electron chi connectivity index (χ1n) is 10.5. The molecule has 148 valence electrons. The van der Waals surface area contributed by atoms with Crippen LogP contribution in [0.15, 0.2) is 4.99 Å². The summed E-state index contributed by atoms with van der Waals surface area (Å²) in [6.45, 7) is 13.2. The van der Waals surface area contributed by atoms with Crippen LogP contribution in [0.1, 0.15) is 65.7 Å². The maximum atomic E-state index is 9.25. The number of aliphatic imine (C=N–C) groups is 1. The minimum Gasteiger partial charge on any atom is -0.396 e. The monoisotopic (exact) mass is 354 g/mol. The molecule has 1 heterocycles. The minimum absolute atomic E-state index is 0.257. The number of hydrogen-bond donors (Lipinski definition) is 3. The number of nitrogens with one attached hydrogen (secondary N) is 2. The second kappa shape index (κ2) is 14.4. The van der Waals surface area contributed by atoms with Gasteiger partial charge in [-0.3, -0.25) is 4.99 Å². The van der Waals surface area contributed by atoms with Gasteiger partial charge in [0.2, 0.25) is 0 Å². The van der Waals surface area contributed by atoms with Gasteiger partial charge >= 0.3 is 0 Å². The largest absolute Gasteiger partial charge is 0.396 e. The molecule has 1 aliphatic heterocycles. The number of aliphatic hydroxyl groups excluding tert-OH is 1. The van der Waals surface area contributed by atoms with E-state index in [1.165, 1.54) is 45.3 Å². The summed E-state index contributed by atoms with van der Waals surface area (Å²) in [7, 11) is 0.